The summed E-state index contributed by atoms with van der Waals surface area (Å²) in [5, 5.41) is 64.8. The third-order valence-corrected chi connectivity index (χ3v) is 3.52. The summed E-state index contributed by atoms with van der Waals surface area (Å²) in [7, 11) is 0. The smallest absolute Gasteiger partial charge is 0.217 e. The Labute approximate surface area is 146 Å². The largest absolute Gasteiger partial charge is 0.395 e. The van der Waals surface area contributed by atoms with Gasteiger partial charge < -0.3 is 45.8 Å². The maximum Gasteiger partial charge on any atom is 0.217 e. The first-order valence-corrected chi connectivity index (χ1v) is 7.94. The normalized spacial score (nSPS) is 29.1. The molecule has 0 radical (unpaired) electrons. The molecule has 150 valence electrons. The minimum Gasteiger partial charge on any atom is -0.395 e. The van der Waals surface area contributed by atoms with Crippen LogP contribution in [0.1, 0.15) is 6.92 Å². The number of amides is 1. The number of hydrogen-bond acceptors (Lipinski definition) is 10. The second-order valence-electron chi connectivity index (χ2n) is 5.47. The van der Waals surface area contributed by atoms with E-state index in [0.29, 0.717) is 19.6 Å². The summed E-state index contributed by atoms with van der Waals surface area (Å²) < 4.78 is 4.81. The van der Waals surface area contributed by atoms with Gasteiger partial charge in [-0.2, -0.15) is 0 Å². The van der Waals surface area contributed by atoms with Crippen LogP contribution in [0.25, 0.3) is 0 Å². The summed E-state index contributed by atoms with van der Waals surface area (Å²) in [4.78, 5) is 12.5. The highest BCUT2D eigenvalue weighted by Crippen LogP contribution is 2.19. The topological polar surface area (TPSA) is 183 Å². The third-order valence-electron chi connectivity index (χ3n) is 3.52. The standard InChI is InChI=1S/C8H15NO6.C6H15NO3/c1-3(11)9-5-7(13)6(12)4(2-10)15-8(5)14;8-4-1-7(2-5-9)3-6-10/h4-8,10,12-14H,2H2,1H3,(H,9,11);8-10H,1-6H2/t4-,5-,6-,7-,8?;/m1./s1. The molecule has 0 bridgehead atoms. The van der Waals surface area contributed by atoms with E-state index in [4.69, 9.17) is 25.2 Å². The van der Waals surface area contributed by atoms with E-state index in [0.717, 1.165) is 0 Å². The molecule has 8 N–H and O–H groups in total. The maximum atomic E-state index is 10.7. The molecule has 1 fully saturated rings. The highest BCUT2D eigenvalue weighted by molar-refractivity contribution is 5.73. The zero-order valence-corrected chi connectivity index (χ0v) is 14.2. The van der Waals surface area contributed by atoms with Crippen molar-refractivity contribution in [2.24, 2.45) is 0 Å². The van der Waals surface area contributed by atoms with Crippen LogP contribution in [0.3, 0.4) is 0 Å². The van der Waals surface area contributed by atoms with Gasteiger partial charge in [0.25, 0.3) is 0 Å². The monoisotopic (exact) mass is 370 g/mol. The molecule has 0 saturated carbocycles. The van der Waals surface area contributed by atoms with E-state index in [-0.39, 0.29) is 19.8 Å². The molecule has 1 aliphatic rings. The Kier molecular flexibility index (Phi) is 12.9. The second kappa shape index (κ2) is 13.3. The Hall–Kier alpha value is -0.890. The first-order chi connectivity index (χ1) is 11.8. The molecular formula is C14H30N2O9. The average Bonchev–Trinajstić information content (AvgIpc) is 2.56. The Morgan fingerprint density at radius 1 is 0.960 bits per heavy atom. The van der Waals surface area contributed by atoms with Crippen LogP contribution in [-0.2, 0) is 9.53 Å². The van der Waals surface area contributed by atoms with E-state index in [9.17, 15) is 20.1 Å². The van der Waals surface area contributed by atoms with Crippen molar-refractivity contribution in [3.63, 3.8) is 0 Å². The maximum absolute atomic E-state index is 10.7. The molecule has 0 aliphatic carbocycles. The van der Waals surface area contributed by atoms with E-state index in [1.165, 1.54) is 6.92 Å². The van der Waals surface area contributed by atoms with Crippen LogP contribution in [0.4, 0.5) is 0 Å². The lowest BCUT2D eigenvalue weighted by Gasteiger charge is -2.40. The number of ether oxygens (including phenoxy) is 1. The van der Waals surface area contributed by atoms with Crippen LogP contribution >= 0.6 is 0 Å². The molecule has 0 aromatic carbocycles. The van der Waals surface area contributed by atoms with Crippen molar-refractivity contribution in [1.29, 1.82) is 0 Å². The quantitative estimate of drug-likeness (QED) is 0.206. The number of nitrogens with one attached hydrogen (secondary N) is 1. The fraction of sp³-hybridized carbons (Fsp3) is 0.929. The minimum atomic E-state index is -1.45. The molecule has 1 unspecified atom stereocenters. The summed E-state index contributed by atoms with van der Waals surface area (Å²) in [5.74, 6) is -0.462. The van der Waals surface area contributed by atoms with E-state index >= 15 is 0 Å². The number of carbonyl (C=O) groups is 1. The lowest BCUT2D eigenvalue weighted by Crippen LogP contribution is -2.63. The molecule has 11 heteroatoms. The zero-order chi connectivity index (χ0) is 19.4. The first kappa shape index (κ1) is 24.1. The second-order valence-corrected chi connectivity index (χ2v) is 5.47. The van der Waals surface area contributed by atoms with Gasteiger partial charge >= 0.3 is 0 Å². The highest BCUT2D eigenvalue weighted by atomic mass is 16.6. The minimum absolute atomic E-state index is 0.0694. The number of aliphatic hydroxyl groups excluding tert-OH is 7. The van der Waals surface area contributed by atoms with Gasteiger partial charge in [-0.25, -0.2) is 0 Å². The fourth-order valence-electron chi connectivity index (χ4n) is 2.25. The lowest BCUT2D eigenvalue weighted by atomic mass is 9.97. The van der Waals surface area contributed by atoms with Gasteiger partial charge in [-0.3, -0.25) is 9.69 Å². The number of nitrogens with zero attached hydrogens (tertiary/aromatic N) is 1. The summed E-state index contributed by atoms with van der Waals surface area (Å²) in [6.45, 7) is 2.44. The summed E-state index contributed by atoms with van der Waals surface area (Å²) in [5.41, 5.74) is 0. The predicted molar refractivity (Wildman–Crippen MR) is 85.3 cm³/mol. The van der Waals surface area contributed by atoms with Crippen molar-refractivity contribution in [2.45, 2.75) is 37.6 Å². The number of rotatable bonds is 8. The van der Waals surface area contributed by atoms with Crippen molar-refractivity contribution >= 4 is 5.91 Å². The van der Waals surface area contributed by atoms with Gasteiger partial charge in [0.05, 0.1) is 26.4 Å². The van der Waals surface area contributed by atoms with Gasteiger partial charge in [0, 0.05) is 26.6 Å². The number of carbonyl (C=O) groups excluding carboxylic acids is 1. The van der Waals surface area contributed by atoms with E-state index in [1.807, 2.05) is 0 Å². The van der Waals surface area contributed by atoms with Crippen molar-refractivity contribution in [2.75, 3.05) is 46.1 Å². The molecule has 25 heavy (non-hydrogen) atoms. The summed E-state index contributed by atoms with van der Waals surface area (Å²) in [6, 6.07) is -1.10. The van der Waals surface area contributed by atoms with Gasteiger partial charge in [0.2, 0.25) is 5.91 Å². The van der Waals surface area contributed by atoms with E-state index in [1.54, 1.807) is 4.90 Å². The van der Waals surface area contributed by atoms with E-state index in [2.05, 4.69) is 5.32 Å². The summed E-state index contributed by atoms with van der Waals surface area (Å²) in [6.07, 6.45) is -5.24. The van der Waals surface area contributed by atoms with Gasteiger partial charge in [-0.1, -0.05) is 0 Å². The van der Waals surface area contributed by atoms with Crippen LogP contribution in [0, 0.1) is 0 Å². The summed E-state index contributed by atoms with van der Waals surface area (Å²) >= 11 is 0. The van der Waals surface area contributed by atoms with Gasteiger partial charge in [0.15, 0.2) is 6.29 Å². The van der Waals surface area contributed by atoms with Crippen LogP contribution in [0.15, 0.2) is 0 Å². The average molecular weight is 370 g/mol. The van der Waals surface area contributed by atoms with Crippen molar-refractivity contribution in [3.8, 4) is 0 Å². The molecule has 0 spiro atoms. The Bertz CT molecular complexity index is 347. The fourth-order valence-corrected chi connectivity index (χ4v) is 2.25. The number of hydrogen-bond donors (Lipinski definition) is 8. The molecule has 1 saturated heterocycles. The van der Waals surface area contributed by atoms with Crippen molar-refractivity contribution < 1.29 is 45.3 Å². The molecule has 1 aliphatic heterocycles. The molecule has 11 nitrogen and oxygen atoms in total. The SMILES string of the molecule is CC(=O)N[C@H]1C(O)O[C@H](CO)[C@@H](O)[C@@H]1O.OCCN(CCO)CCO. The van der Waals surface area contributed by atoms with Crippen molar-refractivity contribution in [1.82, 2.24) is 10.2 Å². The third kappa shape index (κ3) is 8.85. The molecular weight excluding hydrogens is 340 g/mol. The first-order valence-electron chi connectivity index (χ1n) is 7.94. The van der Waals surface area contributed by atoms with Crippen molar-refractivity contribution in [3.05, 3.63) is 0 Å². The highest BCUT2D eigenvalue weighted by Gasteiger charge is 2.43. The molecule has 1 rings (SSSR count). The molecule has 5 atom stereocenters. The van der Waals surface area contributed by atoms with Crippen LogP contribution in [0.2, 0.25) is 0 Å². The molecule has 0 aromatic heterocycles. The molecule has 0 aromatic rings. The Morgan fingerprint density at radius 2 is 1.44 bits per heavy atom. The molecule has 1 heterocycles. The van der Waals surface area contributed by atoms with Gasteiger partial charge in [-0.15, -0.1) is 0 Å². The van der Waals surface area contributed by atoms with Crippen LogP contribution in [-0.4, -0.2) is 123 Å². The Morgan fingerprint density at radius 3 is 1.80 bits per heavy atom. The lowest BCUT2D eigenvalue weighted by molar-refractivity contribution is -0.253. The predicted octanol–water partition coefficient (Wildman–Crippen LogP) is -4.81. The number of aliphatic hydroxyl groups is 7. The van der Waals surface area contributed by atoms with Gasteiger partial charge in [-0.05, 0) is 0 Å². The zero-order valence-electron chi connectivity index (χ0n) is 14.2. The van der Waals surface area contributed by atoms with Crippen LogP contribution < -0.4 is 5.32 Å². The van der Waals surface area contributed by atoms with E-state index < -0.39 is 43.2 Å². The van der Waals surface area contributed by atoms with Gasteiger partial charge in [0.1, 0.15) is 24.4 Å². The Balaban J connectivity index is 0.000000504. The molecule has 1 amide bonds. The van der Waals surface area contributed by atoms with Crippen LogP contribution in [0.5, 0.6) is 0 Å².